The number of anilines is 2. The van der Waals surface area contributed by atoms with Gasteiger partial charge in [-0.05, 0) is 37.3 Å². The summed E-state index contributed by atoms with van der Waals surface area (Å²) in [5.74, 6) is 0.0206. The van der Waals surface area contributed by atoms with Gasteiger partial charge in [-0.25, -0.2) is 0 Å². The first-order valence-electron chi connectivity index (χ1n) is 9.56. The van der Waals surface area contributed by atoms with E-state index in [4.69, 9.17) is 11.6 Å². The van der Waals surface area contributed by atoms with Gasteiger partial charge in [-0.2, -0.15) is 0 Å². The highest BCUT2D eigenvalue weighted by Gasteiger charge is 2.24. The van der Waals surface area contributed by atoms with Gasteiger partial charge in [0.1, 0.15) is 0 Å². The van der Waals surface area contributed by atoms with Gasteiger partial charge in [0, 0.05) is 42.7 Å². The number of carbonyl (C=O) groups excluding carboxylic acids is 2. The molecule has 1 heterocycles. The molecule has 3 rings (SSSR count). The number of halogens is 1. The van der Waals surface area contributed by atoms with E-state index in [1.165, 1.54) is 0 Å². The third-order valence-corrected chi connectivity index (χ3v) is 5.18. The maximum atomic E-state index is 12.7. The summed E-state index contributed by atoms with van der Waals surface area (Å²) in [7, 11) is 0. The van der Waals surface area contributed by atoms with Crippen LogP contribution in [0.1, 0.15) is 29.8 Å². The number of rotatable bonds is 4. The van der Waals surface area contributed by atoms with Crippen molar-refractivity contribution in [1.82, 2.24) is 4.90 Å². The molecular formula is C22H26ClN3O2. The fourth-order valence-electron chi connectivity index (χ4n) is 3.32. The Morgan fingerprint density at radius 2 is 1.64 bits per heavy atom. The lowest BCUT2D eigenvalue weighted by Gasteiger charge is -2.37. The summed E-state index contributed by atoms with van der Waals surface area (Å²) in [6.07, 6.45) is 0. The quantitative estimate of drug-likeness (QED) is 0.838. The average Bonchev–Trinajstić information content (AvgIpc) is 2.68. The summed E-state index contributed by atoms with van der Waals surface area (Å²) in [4.78, 5) is 29.0. The predicted octanol–water partition coefficient (Wildman–Crippen LogP) is 4.21. The molecule has 1 aliphatic rings. The van der Waals surface area contributed by atoms with Crippen molar-refractivity contribution in [3.63, 3.8) is 0 Å². The number of amides is 2. The first kappa shape index (κ1) is 20.2. The van der Waals surface area contributed by atoms with E-state index in [2.05, 4.69) is 10.2 Å². The molecule has 0 spiro atoms. The number of aryl methyl sites for hydroxylation is 1. The Kier molecular flexibility index (Phi) is 6.25. The topological polar surface area (TPSA) is 52.7 Å². The molecule has 28 heavy (non-hydrogen) atoms. The minimum Gasteiger partial charge on any atom is -0.366 e. The molecular weight excluding hydrogens is 374 g/mol. The molecule has 0 bridgehead atoms. The largest absolute Gasteiger partial charge is 0.366 e. The standard InChI is InChI=1S/C22H26ClN3O2/c1-15(2)22(28)26-12-10-25(11-13-26)20-9-8-18(23)14-19(20)24-21(27)17-6-4-16(3)5-7-17/h4-9,14-15H,10-13H2,1-3H3,(H,24,27). The van der Waals surface area contributed by atoms with Crippen molar-refractivity contribution in [2.75, 3.05) is 36.4 Å². The smallest absolute Gasteiger partial charge is 0.255 e. The summed E-state index contributed by atoms with van der Waals surface area (Å²) < 4.78 is 0. The van der Waals surface area contributed by atoms with Gasteiger partial charge >= 0.3 is 0 Å². The third-order valence-electron chi connectivity index (χ3n) is 4.95. The highest BCUT2D eigenvalue weighted by Crippen LogP contribution is 2.30. The lowest BCUT2D eigenvalue weighted by molar-refractivity contribution is -0.134. The number of nitrogens with one attached hydrogen (secondary N) is 1. The molecule has 0 atom stereocenters. The summed E-state index contributed by atoms with van der Waals surface area (Å²) in [6, 6.07) is 13.0. The number of hydrogen-bond donors (Lipinski definition) is 1. The van der Waals surface area contributed by atoms with Crippen LogP contribution in [-0.4, -0.2) is 42.9 Å². The van der Waals surface area contributed by atoms with Gasteiger partial charge < -0.3 is 15.1 Å². The molecule has 0 aromatic heterocycles. The Labute approximate surface area is 171 Å². The van der Waals surface area contributed by atoms with E-state index in [1.54, 1.807) is 6.07 Å². The Morgan fingerprint density at radius 3 is 2.25 bits per heavy atom. The van der Waals surface area contributed by atoms with Crippen molar-refractivity contribution in [3.8, 4) is 0 Å². The molecule has 0 saturated carbocycles. The number of benzene rings is 2. The summed E-state index contributed by atoms with van der Waals surface area (Å²) in [5.41, 5.74) is 3.31. The zero-order chi connectivity index (χ0) is 20.3. The second kappa shape index (κ2) is 8.65. The van der Waals surface area contributed by atoms with Crippen LogP contribution in [0.2, 0.25) is 5.02 Å². The highest BCUT2D eigenvalue weighted by atomic mass is 35.5. The van der Waals surface area contributed by atoms with E-state index in [1.807, 2.05) is 62.1 Å². The lowest BCUT2D eigenvalue weighted by atomic mass is 10.1. The first-order chi connectivity index (χ1) is 13.3. The predicted molar refractivity (Wildman–Crippen MR) is 114 cm³/mol. The molecule has 0 unspecified atom stereocenters. The minimum absolute atomic E-state index is 0.00596. The molecule has 2 amide bonds. The van der Waals surface area contributed by atoms with Crippen molar-refractivity contribution in [3.05, 3.63) is 58.6 Å². The van der Waals surface area contributed by atoms with Crippen LogP contribution >= 0.6 is 11.6 Å². The van der Waals surface area contributed by atoms with Gasteiger partial charge in [-0.15, -0.1) is 0 Å². The number of hydrogen-bond acceptors (Lipinski definition) is 3. The van der Waals surface area contributed by atoms with E-state index >= 15 is 0 Å². The van der Waals surface area contributed by atoms with Crippen LogP contribution < -0.4 is 10.2 Å². The number of piperazine rings is 1. The Morgan fingerprint density at radius 1 is 1.00 bits per heavy atom. The van der Waals surface area contributed by atoms with E-state index < -0.39 is 0 Å². The Balaban J connectivity index is 1.75. The fourth-order valence-corrected chi connectivity index (χ4v) is 3.49. The van der Waals surface area contributed by atoms with Crippen LogP contribution in [0.4, 0.5) is 11.4 Å². The monoisotopic (exact) mass is 399 g/mol. The molecule has 1 aliphatic heterocycles. The van der Waals surface area contributed by atoms with Crippen molar-refractivity contribution in [2.45, 2.75) is 20.8 Å². The van der Waals surface area contributed by atoms with Gasteiger partial charge in [0.15, 0.2) is 0 Å². The molecule has 1 saturated heterocycles. The molecule has 148 valence electrons. The number of carbonyl (C=O) groups is 2. The molecule has 5 nitrogen and oxygen atoms in total. The molecule has 2 aromatic carbocycles. The van der Waals surface area contributed by atoms with Gasteiger partial charge in [0.25, 0.3) is 5.91 Å². The first-order valence-corrected chi connectivity index (χ1v) is 9.94. The molecule has 1 N–H and O–H groups in total. The van der Waals surface area contributed by atoms with E-state index in [0.717, 1.165) is 11.3 Å². The van der Waals surface area contributed by atoms with Crippen LogP contribution in [-0.2, 0) is 4.79 Å². The van der Waals surface area contributed by atoms with E-state index in [-0.39, 0.29) is 17.7 Å². The molecule has 0 radical (unpaired) electrons. The maximum absolute atomic E-state index is 12.7. The minimum atomic E-state index is -0.169. The lowest BCUT2D eigenvalue weighted by Crippen LogP contribution is -2.50. The Bertz CT molecular complexity index is 857. The summed E-state index contributed by atoms with van der Waals surface area (Å²) >= 11 is 6.18. The third kappa shape index (κ3) is 4.65. The van der Waals surface area contributed by atoms with Crippen molar-refractivity contribution < 1.29 is 9.59 Å². The second-order valence-corrected chi connectivity index (χ2v) is 7.89. The van der Waals surface area contributed by atoms with Crippen LogP contribution in [0.5, 0.6) is 0 Å². The normalized spacial score (nSPS) is 14.3. The second-order valence-electron chi connectivity index (χ2n) is 7.45. The van der Waals surface area contributed by atoms with Crippen LogP contribution in [0, 0.1) is 12.8 Å². The summed E-state index contributed by atoms with van der Waals surface area (Å²) in [6.45, 7) is 8.61. The van der Waals surface area contributed by atoms with Crippen LogP contribution in [0.3, 0.4) is 0 Å². The van der Waals surface area contributed by atoms with E-state index in [0.29, 0.717) is 42.5 Å². The van der Waals surface area contributed by atoms with Gasteiger partial charge in [-0.3, -0.25) is 9.59 Å². The average molecular weight is 400 g/mol. The molecule has 1 fully saturated rings. The zero-order valence-corrected chi connectivity index (χ0v) is 17.3. The van der Waals surface area contributed by atoms with Crippen molar-refractivity contribution in [1.29, 1.82) is 0 Å². The Hall–Kier alpha value is -2.53. The maximum Gasteiger partial charge on any atom is 0.255 e. The molecule has 0 aliphatic carbocycles. The van der Waals surface area contributed by atoms with E-state index in [9.17, 15) is 9.59 Å². The summed E-state index contributed by atoms with van der Waals surface area (Å²) in [5, 5.41) is 3.56. The molecule has 2 aromatic rings. The van der Waals surface area contributed by atoms with Crippen molar-refractivity contribution in [2.24, 2.45) is 5.92 Å². The van der Waals surface area contributed by atoms with Gasteiger partial charge in [0.2, 0.25) is 5.91 Å². The fraction of sp³-hybridized carbons (Fsp3) is 0.364. The van der Waals surface area contributed by atoms with Gasteiger partial charge in [-0.1, -0.05) is 43.1 Å². The highest BCUT2D eigenvalue weighted by molar-refractivity contribution is 6.31. The van der Waals surface area contributed by atoms with Crippen molar-refractivity contribution >= 4 is 34.8 Å². The van der Waals surface area contributed by atoms with Crippen LogP contribution in [0.25, 0.3) is 0 Å². The van der Waals surface area contributed by atoms with Gasteiger partial charge in [0.05, 0.1) is 11.4 Å². The number of nitrogens with zero attached hydrogens (tertiary/aromatic N) is 2. The SMILES string of the molecule is Cc1ccc(C(=O)Nc2cc(Cl)ccc2N2CCN(C(=O)C(C)C)CC2)cc1. The van der Waals surface area contributed by atoms with Crippen LogP contribution in [0.15, 0.2) is 42.5 Å². The molecule has 6 heteroatoms. The zero-order valence-electron chi connectivity index (χ0n) is 16.5.